The molecule has 13 heavy (non-hydrogen) atoms. The van der Waals surface area contributed by atoms with E-state index in [1.165, 1.54) is 19.4 Å². The van der Waals surface area contributed by atoms with Crippen LogP contribution in [-0.4, -0.2) is 36.2 Å². The van der Waals surface area contributed by atoms with Gasteiger partial charge in [-0.1, -0.05) is 13.3 Å². The molecule has 1 heterocycles. The second-order valence-electron chi connectivity index (χ2n) is 4.52. The van der Waals surface area contributed by atoms with Crippen molar-refractivity contribution in [2.24, 2.45) is 0 Å². The third kappa shape index (κ3) is 2.68. The zero-order valence-electron chi connectivity index (χ0n) is 9.47. The van der Waals surface area contributed by atoms with Gasteiger partial charge in [0.25, 0.3) is 0 Å². The predicted octanol–water partition coefficient (Wildman–Crippen LogP) is 2.29. The summed E-state index contributed by atoms with van der Waals surface area (Å²) < 4.78 is 5.75. The molecule has 1 saturated heterocycles. The van der Waals surface area contributed by atoms with Crippen LogP contribution in [0.15, 0.2) is 0 Å². The van der Waals surface area contributed by atoms with Crippen LogP contribution in [0.3, 0.4) is 0 Å². The van der Waals surface area contributed by atoms with Gasteiger partial charge in [0.05, 0.1) is 12.2 Å². The van der Waals surface area contributed by atoms with Crippen LogP contribution >= 0.6 is 0 Å². The Morgan fingerprint density at radius 1 is 1.46 bits per heavy atom. The molecule has 0 bridgehead atoms. The van der Waals surface area contributed by atoms with E-state index in [9.17, 15) is 0 Å². The molecule has 1 rings (SSSR count). The van der Waals surface area contributed by atoms with Gasteiger partial charge in [0.2, 0.25) is 0 Å². The van der Waals surface area contributed by atoms with Crippen LogP contribution in [0.1, 0.15) is 40.5 Å². The molecule has 0 saturated carbocycles. The van der Waals surface area contributed by atoms with Crippen LogP contribution in [0, 0.1) is 0 Å². The van der Waals surface area contributed by atoms with Gasteiger partial charge in [0.15, 0.2) is 0 Å². The van der Waals surface area contributed by atoms with Gasteiger partial charge in [-0.15, -0.1) is 0 Å². The molecule has 0 amide bonds. The Bertz CT molecular complexity index is 156. The molecule has 0 spiro atoms. The maximum absolute atomic E-state index is 5.75. The number of unbranched alkanes of at least 4 members (excludes halogenated alkanes) is 1. The topological polar surface area (TPSA) is 12.5 Å². The zero-order chi connectivity index (χ0) is 9.90. The van der Waals surface area contributed by atoms with Crippen molar-refractivity contribution in [2.75, 3.05) is 19.7 Å². The molecule has 78 valence electrons. The standard InChI is InChI=1S/C11H23NO/c1-5-6-7-12-8-9-13-11(3,4)10(12)2/h10H,5-9H2,1-4H3. The van der Waals surface area contributed by atoms with Crippen molar-refractivity contribution in [3.63, 3.8) is 0 Å². The van der Waals surface area contributed by atoms with E-state index in [2.05, 4.69) is 32.6 Å². The normalized spacial score (nSPS) is 29.1. The van der Waals surface area contributed by atoms with Crippen molar-refractivity contribution in [2.45, 2.75) is 52.2 Å². The minimum Gasteiger partial charge on any atom is -0.373 e. The smallest absolute Gasteiger partial charge is 0.0778 e. The molecule has 2 nitrogen and oxygen atoms in total. The minimum absolute atomic E-state index is 0.0337. The molecule has 1 atom stereocenters. The second kappa shape index (κ2) is 4.43. The summed E-state index contributed by atoms with van der Waals surface area (Å²) in [6.07, 6.45) is 2.59. The first kappa shape index (κ1) is 11.0. The van der Waals surface area contributed by atoms with E-state index in [4.69, 9.17) is 4.74 Å². The van der Waals surface area contributed by atoms with Crippen LogP contribution < -0.4 is 0 Å². The Labute approximate surface area is 82.3 Å². The lowest BCUT2D eigenvalue weighted by Gasteiger charge is -2.44. The first-order valence-electron chi connectivity index (χ1n) is 5.46. The van der Waals surface area contributed by atoms with Gasteiger partial charge in [-0.2, -0.15) is 0 Å². The number of nitrogens with zero attached hydrogens (tertiary/aromatic N) is 1. The lowest BCUT2D eigenvalue weighted by molar-refractivity contribution is -0.121. The Morgan fingerprint density at radius 2 is 2.15 bits per heavy atom. The summed E-state index contributed by atoms with van der Waals surface area (Å²) in [6.45, 7) is 12.1. The number of ether oxygens (including phenoxy) is 1. The van der Waals surface area contributed by atoms with E-state index >= 15 is 0 Å². The molecule has 0 aromatic heterocycles. The van der Waals surface area contributed by atoms with Gasteiger partial charge in [0.1, 0.15) is 0 Å². The van der Waals surface area contributed by atoms with Crippen LogP contribution in [0.2, 0.25) is 0 Å². The Morgan fingerprint density at radius 3 is 2.77 bits per heavy atom. The summed E-state index contributed by atoms with van der Waals surface area (Å²) in [5, 5.41) is 0. The van der Waals surface area contributed by atoms with Crippen molar-refractivity contribution >= 4 is 0 Å². The van der Waals surface area contributed by atoms with Gasteiger partial charge >= 0.3 is 0 Å². The lowest BCUT2D eigenvalue weighted by Crippen LogP contribution is -2.55. The molecule has 0 radical (unpaired) electrons. The fourth-order valence-corrected chi connectivity index (χ4v) is 1.85. The maximum Gasteiger partial charge on any atom is 0.0778 e. The Balaban J connectivity index is 2.45. The highest BCUT2D eigenvalue weighted by molar-refractivity contribution is 4.87. The fraction of sp³-hybridized carbons (Fsp3) is 1.00. The molecule has 1 aliphatic heterocycles. The van der Waals surface area contributed by atoms with E-state index in [-0.39, 0.29) is 5.60 Å². The highest BCUT2D eigenvalue weighted by Gasteiger charge is 2.34. The number of rotatable bonds is 3. The molecule has 1 aliphatic rings. The molecule has 0 aromatic carbocycles. The number of morpholine rings is 1. The largest absolute Gasteiger partial charge is 0.373 e. The Kier molecular flexibility index (Phi) is 3.74. The summed E-state index contributed by atoms with van der Waals surface area (Å²) in [5.41, 5.74) is 0.0337. The molecule has 0 aliphatic carbocycles. The fourth-order valence-electron chi connectivity index (χ4n) is 1.85. The van der Waals surface area contributed by atoms with E-state index in [0.29, 0.717) is 6.04 Å². The Hall–Kier alpha value is -0.0800. The molecule has 0 aromatic rings. The summed E-state index contributed by atoms with van der Waals surface area (Å²) in [5.74, 6) is 0. The van der Waals surface area contributed by atoms with Crippen LogP contribution in [0.25, 0.3) is 0 Å². The van der Waals surface area contributed by atoms with Crippen LogP contribution in [0.5, 0.6) is 0 Å². The quantitative estimate of drug-likeness (QED) is 0.669. The average Bonchev–Trinajstić information content (AvgIpc) is 2.08. The maximum atomic E-state index is 5.75. The van der Waals surface area contributed by atoms with E-state index in [0.717, 1.165) is 13.2 Å². The van der Waals surface area contributed by atoms with Gasteiger partial charge in [-0.3, -0.25) is 4.90 Å². The summed E-state index contributed by atoms with van der Waals surface area (Å²) in [6, 6.07) is 0.549. The van der Waals surface area contributed by atoms with Crippen molar-refractivity contribution in [3.05, 3.63) is 0 Å². The van der Waals surface area contributed by atoms with E-state index in [1.54, 1.807) is 0 Å². The van der Waals surface area contributed by atoms with E-state index < -0.39 is 0 Å². The molecule has 1 unspecified atom stereocenters. The monoisotopic (exact) mass is 185 g/mol. The molecule has 2 heteroatoms. The zero-order valence-corrected chi connectivity index (χ0v) is 9.47. The molecule has 0 N–H and O–H groups in total. The SMILES string of the molecule is CCCCN1CCOC(C)(C)C1C. The number of hydrogen-bond donors (Lipinski definition) is 0. The second-order valence-corrected chi connectivity index (χ2v) is 4.52. The summed E-state index contributed by atoms with van der Waals surface area (Å²) in [4.78, 5) is 2.55. The van der Waals surface area contributed by atoms with Crippen molar-refractivity contribution in [1.29, 1.82) is 0 Å². The van der Waals surface area contributed by atoms with Gasteiger partial charge in [-0.05, 0) is 33.7 Å². The predicted molar refractivity (Wildman–Crippen MR) is 56.0 cm³/mol. The van der Waals surface area contributed by atoms with E-state index in [1.807, 2.05) is 0 Å². The average molecular weight is 185 g/mol. The third-order valence-electron chi connectivity index (χ3n) is 3.21. The minimum atomic E-state index is 0.0337. The van der Waals surface area contributed by atoms with Gasteiger partial charge in [0, 0.05) is 12.6 Å². The highest BCUT2D eigenvalue weighted by Crippen LogP contribution is 2.24. The number of hydrogen-bond acceptors (Lipinski definition) is 2. The first-order valence-corrected chi connectivity index (χ1v) is 5.46. The van der Waals surface area contributed by atoms with Gasteiger partial charge in [-0.25, -0.2) is 0 Å². The molecular weight excluding hydrogens is 162 g/mol. The first-order chi connectivity index (χ1) is 6.08. The lowest BCUT2D eigenvalue weighted by atomic mass is 9.96. The third-order valence-corrected chi connectivity index (χ3v) is 3.21. The van der Waals surface area contributed by atoms with Gasteiger partial charge < -0.3 is 4.74 Å². The van der Waals surface area contributed by atoms with Crippen LogP contribution in [-0.2, 0) is 4.74 Å². The van der Waals surface area contributed by atoms with Crippen molar-refractivity contribution in [1.82, 2.24) is 4.90 Å². The summed E-state index contributed by atoms with van der Waals surface area (Å²) in [7, 11) is 0. The van der Waals surface area contributed by atoms with Crippen molar-refractivity contribution in [3.8, 4) is 0 Å². The molecular formula is C11H23NO. The molecule has 1 fully saturated rings. The highest BCUT2D eigenvalue weighted by atomic mass is 16.5. The summed E-state index contributed by atoms with van der Waals surface area (Å²) >= 11 is 0. The van der Waals surface area contributed by atoms with Crippen molar-refractivity contribution < 1.29 is 4.74 Å². The van der Waals surface area contributed by atoms with Crippen LogP contribution in [0.4, 0.5) is 0 Å².